The Bertz CT molecular complexity index is 1030. The van der Waals surface area contributed by atoms with Crippen molar-refractivity contribution in [1.82, 2.24) is 19.8 Å². The zero-order valence-electron chi connectivity index (χ0n) is 17.9. The van der Waals surface area contributed by atoms with E-state index in [0.29, 0.717) is 25.4 Å². The molecule has 1 aliphatic carbocycles. The van der Waals surface area contributed by atoms with Crippen molar-refractivity contribution in [3.8, 4) is 0 Å². The van der Waals surface area contributed by atoms with Crippen LogP contribution in [0.25, 0.3) is 10.9 Å². The van der Waals surface area contributed by atoms with Crippen LogP contribution in [0.4, 0.5) is 13.2 Å². The summed E-state index contributed by atoms with van der Waals surface area (Å²) in [6.45, 7) is 1.12. The number of alkyl halides is 3. The summed E-state index contributed by atoms with van der Waals surface area (Å²) >= 11 is 0. The van der Waals surface area contributed by atoms with Gasteiger partial charge in [0.15, 0.2) is 0 Å². The molecule has 32 heavy (non-hydrogen) atoms. The molecule has 11 heteroatoms. The molecule has 0 unspecified atom stereocenters. The summed E-state index contributed by atoms with van der Waals surface area (Å²) in [5.41, 5.74) is -2.91. The van der Waals surface area contributed by atoms with Gasteiger partial charge in [-0.25, -0.2) is 13.1 Å². The van der Waals surface area contributed by atoms with E-state index in [1.54, 1.807) is 0 Å². The van der Waals surface area contributed by atoms with Crippen molar-refractivity contribution in [2.75, 3.05) is 19.7 Å². The smallest absolute Gasteiger partial charge is 0.378 e. The minimum absolute atomic E-state index is 0.0372. The van der Waals surface area contributed by atoms with Gasteiger partial charge >= 0.3 is 15.5 Å². The van der Waals surface area contributed by atoms with Gasteiger partial charge in [0.2, 0.25) is 0 Å². The van der Waals surface area contributed by atoms with E-state index in [4.69, 9.17) is 4.74 Å². The second-order valence-corrected chi connectivity index (χ2v) is 10.5. The van der Waals surface area contributed by atoms with Crippen molar-refractivity contribution in [2.24, 2.45) is 13.0 Å². The lowest BCUT2D eigenvalue weighted by Crippen LogP contribution is -2.53. The summed E-state index contributed by atoms with van der Waals surface area (Å²) in [5, 5.41) is 8.54. The topological polar surface area (TPSA) is 85.2 Å². The van der Waals surface area contributed by atoms with Gasteiger partial charge in [-0.2, -0.15) is 18.3 Å². The summed E-state index contributed by atoms with van der Waals surface area (Å²) in [6.07, 6.45) is 5.90. The Morgan fingerprint density at radius 1 is 1.22 bits per heavy atom. The number of ether oxygens (including phenoxy) is 1. The normalized spacial score (nSPS) is 27.6. The standard InChI is InChI=1S/C21H29F3N4O3S/c1-28-20-7-4-15(10-16(20)12-26-28)14-2-5-18(6-3-14)31-13-17-11-25-9-8-19(17)27-32(29,30)21(22,23)24/h4,7,10,12,14,17-19,25,27H,2-3,5-6,8-9,11,13H2,1H3/t14?,17-,18?,19-/m0/s1. The molecule has 2 atom stereocenters. The molecule has 7 nitrogen and oxygen atoms in total. The number of piperidine rings is 1. The zero-order valence-corrected chi connectivity index (χ0v) is 18.8. The Morgan fingerprint density at radius 2 is 1.97 bits per heavy atom. The zero-order chi connectivity index (χ0) is 22.9. The third-order valence-electron chi connectivity index (χ3n) is 6.68. The maximum absolute atomic E-state index is 12.8. The Hall–Kier alpha value is -1.69. The first-order valence-electron chi connectivity index (χ1n) is 11.0. The third-order valence-corrected chi connectivity index (χ3v) is 7.90. The number of aromatic nitrogens is 2. The second kappa shape index (κ2) is 9.28. The maximum atomic E-state index is 12.8. The number of hydrogen-bond acceptors (Lipinski definition) is 5. The molecule has 1 saturated heterocycles. The van der Waals surface area contributed by atoms with E-state index in [-0.39, 0.29) is 18.6 Å². The van der Waals surface area contributed by atoms with Gasteiger partial charge in [0.05, 0.1) is 24.4 Å². The van der Waals surface area contributed by atoms with Gasteiger partial charge in [0, 0.05) is 30.9 Å². The molecule has 0 spiro atoms. The van der Waals surface area contributed by atoms with Gasteiger partial charge in [0.25, 0.3) is 0 Å². The Labute approximate surface area is 185 Å². The molecular weight excluding hydrogens is 445 g/mol. The molecular formula is C21H29F3N4O3S. The molecule has 178 valence electrons. The first-order valence-corrected chi connectivity index (χ1v) is 12.4. The van der Waals surface area contributed by atoms with E-state index >= 15 is 0 Å². The highest BCUT2D eigenvalue weighted by Crippen LogP contribution is 2.35. The number of hydrogen-bond donors (Lipinski definition) is 2. The molecule has 0 bridgehead atoms. The van der Waals surface area contributed by atoms with Crippen LogP contribution in [0, 0.1) is 5.92 Å². The van der Waals surface area contributed by atoms with Crippen LogP contribution in [0.3, 0.4) is 0 Å². The summed E-state index contributed by atoms with van der Waals surface area (Å²) in [6, 6.07) is 5.66. The maximum Gasteiger partial charge on any atom is 0.511 e. The fourth-order valence-electron chi connectivity index (χ4n) is 4.78. The highest BCUT2D eigenvalue weighted by molar-refractivity contribution is 7.90. The van der Waals surface area contributed by atoms with E-state index in [9.17, 15) is 21.6 Å². The van der Waals surface area contributed by atoms with E-state index in [1.165, 1.54) is 5.56 Å². The van der Waals surface area contributed by atoms with Crippen molar-refractivity contribution in [3.05, 3.63) is 30.0 Å². The number of fused-ring (bicyclic) bond motifs is 1. The number of halogens is 3. The molecule has 1 aromatic carbocycles. The Balaban J connectivity index is 1.29. The monoisotopic (exact) mass is 474 g/mol. The minimum Gasteiger partial charge on any atom is -0.378 e. The molecule has 2 fully saturated rings. The predicted octanol–water partition coefficient (Wildman–Crippen LogP) is 3.03. The molecule has 2 heterocycles. The number of nitrogens with zero attached hydrogens (tertiary/aromatic N) is 2. The summed E-state index contributed by atoms with van der Waals surface area (Å²) in [4.78, 5) is 0. The summed E-state index contributed by atoms with van der Waals surface area (Å²) in [7, 11) is -3.44. The summed E-state index contributed by atoms with van der Waals surface area (Å²) in [5.74, 6) is 0.105. The average Bonchev–Trinajstić information content (AvgIpc) is 3.13. The Morgan fingerprint density at radius 3 is 2.69 bits per heavy atom. The van der Waals surface area contributed by atoms with Crippen LogP contribution in [0.1, 0.15) is 43.6 Å². The average molecular weight is 475 g/mol. The largest absolute Gasteiger partial charge is 0.511 e. The fraction of sp³-hybridized carbons (Fsp3) is 0.667. The SMILES string of the molecule is Cn1ncc2cc(C3CCC(OC[C@@H]4CNCC[C@@H]4NS(=O)(=O)C(F)(F)F)CC3)ccc21. The van der Waals surface area contributed by atoms with Crippen LogP contribution in [0.2, 0.25) is 0 Å². The molecule has 1 aromatic heterocycles. The van der Waals surface area contributed by atoms with E-state index in [2.05, 4.69) is 28.6 Å². The minimum atomic E-state index is -5.36. The van der Waals surface area contributed by atoms with Gasteiger partial charge < -0.3 is 10.1 Å². The first-order chi connectivity index (χ1) is 15.1. The van der Waals surface area contributed by atoms with Gasteiger partial charge in [-0.15, -0.1) is 0 Å². The molecule has 0 radical (unpaired) electrons. The number of nitrogens with one attached hydrogen (secondary N) is 2. The van der Waals surface area contributed by atoms with E-state index in [0.717, 1.165) is 36.6 Å². The van der Waals surface area contributed by atoms with E-state index < -0.39 is 21.6 Å². The van der Waals surface area contributed by atoms with Crippen molar-refractivity contribution in [2.45, 2.75) is 55.7 Å². The highest BCUT2D eigenvalue weighted by Gasteiger charge is 2.47. The molecule has 1 aliphatic heterocycles. The van der Waals surface area contributed by atoms with Gasteiger partial charge in [0.1, 0.15) is 0 Å². The van der Waals surface area contributed by atoms with Crippen molar-refractivity contribution in [1.29, 1.82) is 0 Å². The lowest BCUT2D eigenvalue weighted by atomic mass is 9.82. The lowest BCUT2D eigenvalue weighted by Gasteiger charge is -2.35. The molecule has 4 rings (SSSR count). The third kappa shape index (κ3) is 5.11. The summed E-state index contributed by atoms with van der Waals surface area (Å²) < 4.78 is 71.0. The van der Waals surface area contributed by atoms with Crippen molar-refractivity contribution >= 4 is 20.9 Å². The number of aryl methyl sites for hydroxylation is 1. The van der Waals surface area contributed by atoms with Crippen LogP contribution in [-0.4, -0.2) is 55.5 Å². The number of sulfonamides is 1. The highest BCUT2D eigenvalue weighted by atomic mass is 32.2. The lowest BCUT2D eigenvalue weighted by molar-refractivity contribution is -0.0461. The second-order valence-electron chi connectivity index (χ2n) is 8.82. The van der Waals surface area contributed by atoms with Gasteiger partial charge in [-0.1, -0.05) is 6.07 Å². The van der Waals surface area contributed by atoms with Crippen LogP contribution in [0.5, 0.6) is 0 Å². The van der Waals surface area contributed by atoms with Crippen LogP contribution in [0.15, 0.2) is 24.4 Å². The molecule has 2 N–H and O–H groups in total. The van der Waals surface area contributed by atoms with Crippen LogP contribution in [-0.2, 0) is 21.8 Å². The quantitative estimate of drug-likeness (QED) is 0.672. The molecule has 1 saturated carbocycles. The first kappa shape index (κ1) is 23.5. The van der Waals surface area contributed by atoms with Crippen LogP contribution < -0.4 is 10.0 Å². The molecule has 2 aliphatic rings. The van der Waals surface area contributed by atoms with Crippen molar-refractivity contribution in [3.63, 3.8) is 0 Å². The van der Waals surface area contributed by atoms with Crippen LogP contribution >= 0.6 is 0 Å². The number of rotatable bonds is 6. The predicted molar refractivity (Wildman–Crippen MR) is 115 cm³/mol. The fourth-order valence-corrected chi connectivity index (χ4v) is 5.62. The Kier molecular flexibility index (Phi) is 6.81. The van der Waals surface area contributed by atoms with Gasteiger partial charge in [-0.05, 0) is 62.3 Å². The van der Waals surface area contributed by atoms with Crippen molar-refractivity contribution < 1.29 is 26.3 Å². The van der Waals surface area contributed by atoms with Gasteiger partial charge in [-0.3, -0.25) is 4.68 Å². The molecule has 0 amide bonds. The molecule has 2 aromatic rings. The van der Waals surface area contributed by atoms with E-state index in [1.807, 2.05) is 22.6 Å². The number of benzene rings is 1.